The van der Waals surface area contributed by atoms with Gasteiger partial charge in [0.2, 0.25) is 0 Å². The van der Waals surface area contributed by atoms with Crippen LogP contribution in [0, 0.1) is 5.92 Å². The molecule has 0 aromatic heterocycles. The molecule has 168 valence electrons. The number of rotatable bonds is 6. The monoisotopic (exact) mass is 438 g/mol. The van der Waals surface area contributed by atoms with Gasteiger partial charge in [0.05, 0.1) is 29.9 Å². The quantitative estimate of drug-likeness (QED) is 0.438. The number of benzene rings is 3. The second kappa shape index (κ2) is 9.14. The molecule has 2 aliphatic rings. The van der Waals surface area contributed by atoms with E-state index in [0.29, 0.717) is 18.1 Å². The Morgan fingerprint density at radius 2 is 1.79 bits per heavy atom. The van der Waals surface area contributed by atoms with Gasteiger partial charge in [-0.1, -0.05) is 72.8 Å². The molecule has 0 saturated carbocycles. The van der Waals surface area contributed by atoms with Crippen molar-refractivity contribution in [1.29, 1.82) is 0 Å². The molecule has 4 atom stereocenters. The maximum Gasteiger partial charge on any atom is 0.253 e. The number of carbonyl (C=O) groups excluding carboxylic acids is 1. The molecule has 4 nitrogen and oxygen atoms in total. The normalized spacial score (nSPS) is 21.5. The Bertz CT molecular complexity index is 1170. The van der Waals surface area contributed by atoms with Gasteiger partial charge < -0.3 is 15.4 Å². The molecule has 0 radical (unpaired) electrons. The molecule has 4 unspecified atom stereocenters. The zero-order valence-electron chi connectivity index (χ0n) is 19.1. The molecule has 0 spiro atoms. The lowest BCUT2D eigenvalue weighted by Crippen LogP contribution is -2.33. The van der Waals surface area contributed by atoms with Crippen LogP contribution in [0.2, 0.25) is 0 Å². The average Bonchev–Trinajstić information content (AvgIpc) is 3.35. The first-order valence-electron chi connectivity index (χ1n) is 11.8. The molecule has 1 amide bonds. The van der Waals surface area contributed by atoms with Crippen molar-refractivity contribution in [2.45, 2.75) is 38.3 Å². The van der Waals surface area contributed by atoms with Crippen LogP contribution in [0.25, 0.3) is 0 Å². The molecular weight excluding hydrogens is 408 g/mol. The van der Waals surface area contributed by atoms with Crippen LogP contribution in [-0.2, 0) is 0 Å². The Morgan fingerprint density at radius 1 is 1.03 bits per heavy atom. The molecule has 4 heteroatoms. The molecule has 0 fully saturated rings. The summed E-state index contributed by atoms with van der Waals surface area (Å²) in [6.45, 7) is 4.65. The second-order valence-corrected chi connectivity index (χ2v) is 8.82. The predicted molar refractivity (Wildman–Crippen MR) is 133 cm³/mol. The summed E-state index contributed by atoms with van der Waals surface area (Å²) in [4.78, 5) is 13.4. The van der Waals surface area contributed by atoms with Gasteiger partial charge in [-0.25, -0.2) is 0 Å². The number of allylic oxidation sites excluding steroid dienone is 2. The fourth-order valence-electron chi connectivity index (χ4n) is 5.24. The van der Waals surface area contributed by atoms with Gasteiger partial charge in [0.15, 0.2) is 0 Å². The van der Waals surface area contributed by atoms with E-state index in [1.54, 1.807) is 0 Å². The van der Waals surface area contributed by atoms with Crippen molar-refractivity contribution in [2.75, 3.05) is 11.9 Å². The zero-order valence-corrected chi connectivity index (χ0v) is 19.1. The minimum Gasteiger partial charge on any atom is -0.494 e. The van der Waals surface area contributed by atoms with Crippen LogP contribution in [0.3, 0.4) is 0 Å². The SMILES string of the molecule is CCOc1ccccc1C1Nc2c(C(=O)NC(C)c3ccccc3)cccc2C2C=CCC21. The largest absolute Gasteiger partial charge is 0.494 e. The number of hydrogen-bond acceptors (Lipinski definition) is 3. The van der Waals surface area contributed by atoms with E-state index in [9.17, 15) is 4.79 Å². The highest BCUT2D eigenvalue weighted by molar-refractivity contribution is 6.01. The number of hydrogen-bond donors (Lipinski definition) is 2. The fraction of sp³-hybridized carbons (Fsp3) is 0.276. The number of anilines is 1. The van der Waals surface area contributed by atoms with E-state index in [1.165, 1.54) is 5.56 Å². The van der Waals surface area contributed by atoms with E-state index in [-0.39, 0.29) is 23.9 Å². The van der Waals surface area contributed by atoms with E-state index in [2.05, 4.69) is 41.0 Å². The summed E-state index contributed by atoms with van der Waals surface area (Å²) in [5.74, 6) is 1.51. The van der Waals surface area contributed by atoms with Crippen molar-refractivity contribution >= 4 is 11.6 Å². The zero-order chi connectivity index (χ0) is 22.8. The summed E-state index contributed by atoms with van der Waals surface area (Å²) in [5, 5.41) is 6.95. The number of amides is 1. The molecule has 0 saturated heterocycles. The van der Waals surface area contributed by atoms with E-state index >= 15 is 0 Å². The topological polar surface area (TPSA) is 50.4 Å². The summed E-state index contributed by atoms with van der Waals surface area (Å²) < 4.78 is 5.97. The van der Waals surface area contributed by atoms with E-state index in [1.807, 2.05) is 68.4 Å². The summed E-state index contributed by atoms with van der Waals surface area (Å²) in [7, 11) is 0. The third-order valence-electron chi connectivity index (χ3n) is 6.84. The molecule has 33 heavy (non-hydrogen) atoms. The molecule has 1 aliphatic carbocycles. The summed E-state index contributed by atoms with van der Waals surface area (Å²) >= 11 is 0. The van der Waals surface area contributed by atoms with Crippen molar-refractivity contribution in [1.82, 2.24) is 5.32 Å². The highest BCUT2D eigenvalue weighted by Gasteiger charge is 2.40. The van der Waals surface area contributed by atoms with Gasteiger partial charge in [-0.05, 0) is 49.4 Å². The van der Waals surface area contributed by atoms with Gasteiger partial charge in [0.1, 0.15) is 5.75 Å². The highest BCUT2D eigenvalue weighted by Crippen LogP contribution is 2.51. The molecule has 2 N–H and O–H groups in total. The molecular formula is C29H30N2O2. The van der Waals surface area contributed by atoms with Gasteiger partial charge in [0, 0.05) is 11.5 Å². The van der Waals surface area contributed by atoms with Crippen LogP contribution in [0.15, 0.2) is 84.9 Å². The Balaban J connectivity index is 1.50. The summed E-state index contributed by atoms with van der Waals surface area (Å²) in [5.41, 5.74) is 5.05. The lowest BCUT2D eigenvalue weighted by molar-refractivity contribution is 0.0940. The maximum atomic E-state index is 13.4. The Hall–Kier alpha value is -3.53. The summed E-state index contributed by atoms with van der Waals surface area (Å²) in [6, 6.07) is 24.4. The first-order valence-corrected chi connectivity index (χ1v) is 11.8. The van der Waals surface area contributed by atoms with Crippen molar-refractivity contribution in [3.8, 4) is 5.75 Å². The highest BCUT2D eigenvalue weighted by atomic mass is 16.5. The lowest BCUT2D eigenvalue weighted by Gasteiger charge is -2.39. The van der Waals surface area contributed by atoms with Crippen LogP contribution in [0.4, 0.5) is 5.69 Å². The van der Waals surface area contributed by atoms with Crippen molar-refractivity contribution < 1.29 is 9.53 Å². The van der Waals surface area contributed by atoms with Crippen molar-refractivity contribution in [2.24, 2.45) is 5.92 Å². The Labute approximate surface area is 195 Å². The first-order chi connectivity index (χ1) is 16.2. The van der Waals surface area contributed by atoms with Crippen LogP contribution < -0.4 is 15.4 Å². The number of fused-ring (bicyclic) bond motifs is 3. The van der Waals surface area contributed by atoms with E-state index in [0.717, 1.165) is 29.0 Å². The van der Waals surface area contributed by atoms with Crippen LogP contribution in [0.5, 0.6) is 5.75 Å². The third-order valence-corrected chi connectivity index (χ3v) is 6.84. The molecule has 0 bridgehead atoms. The van der Waals surface area contributed by atoms with Gasteiger partial charge in [-0.3, -0.25) is 4.79 Å². The molecule has 3 aromatic rings. The third kappa shape index (κ3) is 4.02. The van der Waals surface area contributed by atoms with Gasteiger partial charge >= 0.3 is 0 Å². The second-order valence-electron chi connectivity index (χ2n) is 8.82. The molecule has 1 heterocycles. The van der Waals surface area contributed by atoms with E-state index in [4.69, 9.17) is 4.74 Å². The minimum atomic E-state index is -0.0771. The predicted octanol–water partition coefficient (Wildman–Crippen LogP) is 6.40. The number of nitrogens with one attached hydrogen (secondary N) is 2. The van der Waals surface area contributed by atoms with Gasteiger partial charge in [-0.15, -0.1) is 0 Å². The van der Waals surface area contributed by atoms with E-state index < -0.39 is 0 Å². The van der Waals surface area contributed by atoms with Crippen LogP contribution in [0.1, 0.15) is 65.3 Å². The molecule has 1 aliphatic heterocycles. The van der Waals surface area contributed by atoms with Crippen molar-refractivity contribution in [3.05, 3.63) is 107 Å². The minimum absolute atomic E-state index is 0.0621. The number of ether oxygens (including phenoxy) is 1. The average molecular weight is 439 g/mol. The molecule has 5 rings (SSSR count). The summed E-state index contributed by atoms with van der Waals surface area (Å²) in [6.07, 6.45) is 5.57. The Kier molecular flexibility index (Phi) is 5.91. The lowest BCUT2D eigenvalue weighted by atomic mass is 9.76. The van der Waals surface area contributed by atoms with Crippen molar-refractivity contribution in [3.63, 3.8) is 0 Å². The first kappa shape index (κ1) is 21.3. The fourth-order valence-corrected chi connectivity index (χ4v) is 5.24. The van der Waals surface area contributed by atoms with Gasteiger partial charge in [0.25, 0.3) is 5.91 Å². The number of carbonyl (C=O) groups is 1. The smallest absolute Gasteiger partial charge is 0.253 e. The Morgan fingerprint density at radius 3 is 2.61 bits per heavy atom. The number of para-hydroxylation sites is 2. The van der Waals surface area contributed by atoms with Crippen LogP contribution >= 0.6 is 0 Å². The van der Waals surface area contributed by atoms with Crippen LogP contribution in [-0.4, -0.2) is 12.5 Å². The standard InChI is InChI=1S/C29H30N2O2/c1-3-33-26-18-8-7-13-24(26)27-22-15-9-14-21(22)23-16-10-17-25(28(23)31-27)29(32)30-19(2)20-11-5-4-6-12-20/h4-14,16-19,21-22,27,31H,3,15H2,1-2H3,(H,30,32). The molecule has 3 aromatic carbocycles. The van der Waals surface area contributed by atoms with Gasteiger partial charge in [-0.2, -0.15) is 0 Å². The maximum absolute atomic E-state index is 13.4.